The number of hydrogen-bond donors (Lipinski definition) is 1. The van der Waals surface area contributed by atoms with Gasteiger partial charge in [0.05, 0.1) is 6.10 Å². The van der Waals surface area contributed by atoms with Gasteiger partial charge in [-0.05, 0) is 37.1 Å². The fraction of sp³-hybridized carbons (Fsp3) is 1.00. The van der Waals surface area contributed by atoms with Crippen molar-refractivity contribution in [3.8, 4) is 0 Å². The van der Waals surface area contributed by atoms with Gasteiger partial charge in [0.25, 0.3) is 0 Å². The summed E-state index contributed by atoms with van der Waals surface area (Å²) >= 11 is 0. The molecule has 0 aromatic rings. The highest BCUT2D eigenvalue weighted by molar-refractivity contribution is 4.97. The molecule has 0 spiro atoms. The third kappa shape index (κ3) is 3.74. The third-order valence-electron chi connectivity index (χ3n) is 3.54. The van der Waals surface area contributed by atoms with E-state index in [0.29, 0.717) is 23.5 Å². The van der Waals surface area contributed by atoms with Crippen LogP contribution in [-0.4, -0.2) is 25.3 Å². The van der Waals surface area contributed by atoms with Crippen LogP contribution in [0.5, 0.6) is 0 Å². The van der Waals surface area contributed by atoms with Crippen molar-refractivity contribution in [2.75, 3.05) is 13.2 Å². The van der Waals surface area contributed by atoms with E-state index in [1.165, 1.54) is 19.3 Å². The van der Waals surface area contributed by atoms with Gasteiger partial charge >= 0.3 is 0 Å². The van der Waals surface area contributed by atoms with Gasteiger partial charge in [-0.15, -0.1) is 0 Å². The van der Waals surface area contributed by atoms with Gasteiger partial charge in [-0.1, -0.05) is 34.6 Å². The van der Waals surface area contributed by atoms with Crippen LogP contribution in [0.3, 0.4) is 0 Å². The summed E-state index contributed by atoms with van der Waals surface area (Å²) in [4.78, 5) is 0. The highest BCUT2D eigenvalue weighted by Crippen LogP contribution is 2.39. The van der Waals surface area contributed by atoms with Crippen molar-refractivity contribution in [3.63, 3.8) is 0 Å². The largest absolute Gasteiger partial charge is 0.376 e. The topological polar surface area (TPSA) is 21.3 Å². The lowest BCUT2D eigenvalue weighted by atomic mass is 9.87. The summed E-state index contributed by atoms with van der Waals surface area (Å²) in [5.41, 5.74) is 0.386. The van der Waals surface area contributed by atoms with Crippen molar-refractivity contribution in [1.29, 1.82) is 0 Å². The van der Waals surface area contributed by atoms with Gasteiger partial charge in [0, 0.05) is 12.6 Å². The molecule has 2 nitrogen and oxygen atoms in total. The first-order chi connectivity index (χ1) is 7.47. The number of nitrogens with one attached hydrogen (secondary N) is 1. The summed E-state index contributed by atoms with van der Waals surface area (Å²) in [5.74, 6) is 0.635. The molecule has 1 rings (SSSR count). The molecule has 1 aliphatic carbocycles. The van der Waals surface area contributed by atoms with E-state index >= 15 is 0 Å². The Hall–Kier alpha value is -0.0800. The molecule has 1 saturated carbocycles. The maximum atomic E-state index is 6.05. The molecule has 2 atom stereocenters. The Bertz CT molecular complexity index is 201. The van der Waals surface area contributed by atoms with E-state index in [1.54, 1.807) is 0 Å². The summed E-state index contributed by atoms with van der Waals surface area (Å²) in [7, 11) is 0. The molecule has 0 aromatic heterocycles. The molecule has 1 aliphatic rings. The maximum absolute atomic E-state index is 6.05. The molecule has 0 bridgehead atoms. The summed E-state index contributed by atoms with van der Waals surface area (Å²) in [6, 6.07) is 0.534. The Morgan fingerprint density at radius 1 is 1.38 bits per heavy atom. The molecular formula is C14H29NO. The molecule has 0 aliphatic heterocycles. The first-order valence-electron chi connectivity index (χ1n) is 6.82. The molecule has 1 N–H and O–H groups in total. The van der Waals surface area contributed by atoms with Gasteiger partial charge in [-0.3, -0.25) is 0 Å². The smallest absolute Gasteiger partial charge is 0.0733 e. The van der Waals surface area contributed by atoms with Crippen molar-refractivity contribution >= 4 is 0 Å². The average molecular weight is 227 g/mol. The lowest BCUT2D eigenvalue weighted by Crippen LogP contribution is -2.46. The van der Waals surface area contributed by atoms with E-state index < -0.39 is 0 Å². The van der Waals surface area contributed by atoms with Crippen LogP contribution in [0.15, 0.2) is 0 Å². The van der Waals surface area contributed by atoms with Gasteiger partial charge in [0.2, 0.25) is 0 Å². The molecule has 2 unspecified atom stereocenters. The molecule has 2 heteroatoms. The minimum absolute atomic E-state index is 0.386. The number of rotatable bonds is 6. The predicted molar refractivity (Wildman–Crippen MR) is 69.7 cm³/mol. The van der Waals surface area contributed by atoms with E-state index in [1.807, 2.05) is 0 Å². The van der Waals surface area contributed by atoms with Crippen molar-refractivity contribution in [3.05, 3.63) is 0 Å². The Labute approximate surface area is 101 Å². The molecule has 0 heterocycles. The summed E-state index contributed by atoms with van der Waals surface area (Å²) in [5, 5.41) is 3.67. The molecule has 0 amide bonds. The van der Waals surface area contributed by atoms with Crippen LogP contribution in [-0.2, 0) is 4.74 Å². The number of hydrogen-bond acceptors (Lipinski definition) is 2. The van der Waals surface area contributed by atoms with E-state index in [9.17, 15) is 0 Å². The fourth-order valence-corrected chi connectivity index (χ4v) is 2.54. The first kappa shape index (κ1) is 14.0. The third-order valence-corrected chi connectivity index (χ3v) is 3.54. The molecule has 1 fully saturated rings. The van der Waals surface area contributed by atoms with Crippen molar-refractivity contribution in [1.82, 2.24) is 5.32 Å². The summed E-state index contributed by atoms with van der Waals surface area (Å²) in [6.45, 7) is 13.4. The minimum atomic E-state index is 0.386. The normalized spacial score (nSPS) is 28.9. The van der Waals surface area contributed by atoms with E-state index in [2.05, 4.69) is 39.9 Å². The zero-order chi connectivity index (χ0) is 12.2. The quantitative estimate of drug-likeness (QED) is 0.752. The average Bonchev–Trinajstić information content (AvgIpc) is 2.48. The second-order valence-electron chi connectivity index (χ2n) is 6.22. The van der Waals surface area contributed by atoms with Crippen molar-refractivity contribution < 1.29 is 4.74 Å². The minimum Gasteiger partial charge on any atom is -0.376 e. The van der Waals surface area contributed by atoms with Crippen molar-refractivity contribution in [2.45, 2.75) is 66.0 Å². The fourth-order valence-electron chi connectivity index (χ4n) is 2.54. The van der Waals surface area contributed by atoms with Crippen molar-refractivity contribution in [2.24, 2.45) is 11.3 Å². The van der Waals surface area contributed by atoms with Gasteiger partial charge in [-0.2, -0.15) is 0 Å². The van der Waals surface area contributed by atoms with Crippen LogP contribution >= 0.6 is 0 Å². The molecule has 0 radical (unpaired) electrons. The van der Waals surface area contributed by atoms with E-state index in [0.717, 1.165) is 13.2 Å². The van der Waals surface area contributed by atoms with Crippen LogP contribution in [0.25, 0.3) is 0 Å². The Balaban J connectivity index is 2.48. The van der Waals surface area contributed by atoms with Crippen LogP contribution < -0.4 is 5.32 Å². The van der Waals surface area contributed by atoms with Gasteiger partial charge in [0.1, 0.15) is 0 Å². The monoisotopic (exact) mass is 227 g/mol. The van der Waals surface area contributed by atoms with Gasteiger partial charge < -0.3 is 10.1 Å². The zero-order valence-corrected chi connectivity index (χ0v) is 11.7. The van der Waals surface area contributed by atoms with Crippen LogP contribution in [0.1, 0.15) is 53.9 Å². The van der Waals surface area contributed by atoms with Crippen LogP contribution in [0, 0.1) is 11.3 Å². The van der Waals surface area contributed by atoms with Gasteiger partial charge in [-0.25, -0.2) is 0 Å². The Morgan fingerprint density at radius 2 is 2.06 bits per heavy atom. The second kappa shape index (κ2) is 6.02. The Kier molecular flexibility index (Phi) is 5.26. The maximum Gasteiger partial charge on any atom is 0.0733 e. The van der Waals surface area contributed by atoms with Gasteiger partial charge in [0.15, 0.2) is 0 Å². The highest BCUT2D eigenvalue weighted by atomic mass is 16.5. The van der Waals surface area contributed by atoms with Crippen LogP contribution in [0.4, 0.5) is 0 Å². The molecular weight excluding hydrogens is 198 g/mol. The molecule has 0 aromatic carbocycles. The highest BCUT2D eigenvalue weighted by Gasteiger charge is 2.42. The van der Waals surface area contributed by atoms with Crippen LogP contribution in [0.2, 0.25) is 0 Å². The SMILES string of the molecule is CCCNC1C(OCC(C)C)CCC1(C)C. The summed E-state index contributed by atoms with van der Waals surface area (Å²) in [6.07, 6.45) is 4.10. The standard InChI is InChI=1S/C14H29NO/c1-6-9-15-13-12(16-10-11(2)3)7-8-14(13,4)5/h11-13,15H,6-10H2,1-5H3. The first-order valence-corrected chi connectivity index (χ1v) is 6.82. The Morgan fingerprint density at radius 3 is 2.62 bits per heavy atom. The predicted octanol–water partition coefficient (Wildman–Crippen LogP) is 3.22. The molecule has 0 saturated heterocycles. The lowest BCUT2D eigenvalue weighted by Gasteiger charge is -2.32. The van der Waals surface area contributed by atoms with E-state index in [-0.39, 0.29) is 0 Å². The second-order valence-corrected chi connectivity index (χ2v) is 6.22. The van der Waals surface area contributed by atoms with E-state index in [4.69, 9.17) is 4.74 Å². The zero-order valence-electron chi connectivity index (χ0n) is 11.7. The molecule has 16 heavy (non-hydrogen) atoms. The summed E-state index contributed by atoms with van der Waals surface area (Å²) < 4.78 is 6.05. The lowest BCUT2D eigenvalue weighted by molar-refractivity contribution is 0.0126. The molecule has 96 valence electrons. The number of ether oxygens (including phenoxy) is 1.